The molecular formula is C17H23ClN2O3. The summed E-state index contributed by atoms with van der Waals surface area (Å²) in [6, 6.07) is 9.62. The molecule has 0 aromatic heterocycles. The second-order valence-corrected chi connectivity index (χ2v) is 5.97. The van der Waals surface area contributed by atoms with Gasteiger partial charge in [-0.15, -0.1) is 11.6 Å². The van der Waals surface area contributed by atoms with E-state index in [4.69, 9.17) is 16.3 Å². The number of carbonyl (C=O) groups excluding carboxylic acids is 2. The summed E-state index contributed by atoms with van der Waals surface area (Å²) in [6.45, 7) is 4.78. The highest BCUT2D eigenvalue weighted by Gasteiger charge is 2.28. The van der Waals surface area contributed by atoms with Crippen molar-refractivity contribution in [1.82, 2.24) is 9.80 Å². The van der Waals surface area contributed by atoms with Crippen LogP contribution in [0.5, 0.6) is 0 Å². The van der Waals surface area contributed by atoms with Crippen LogP contribution in [0.1, 0.15) is 18.9 Å². The van der Waals surface area contributed by atoms with Crippen molar-refractivity contribution < 1.29 is 14.3 Å². The number of amides is 2. The summed E-state index contributed by atoms with van der Waals surface area (Å²) >= 11 is 5.59. The van der Waals surface area contributed by atoms with E-state index in [-0.39, 0.29) is 30.4 Å². The number of benzene rings is 1. The Balaban J connectivity index is 1.80. The molecule has 1 heterocycles. The van der Waals surface area contributed by atoms with Gasteiger partial charge in [-0.3, -0.25) is 4.79 Å². The second kappa shape index (κ2) is 8.77. The van der Waals surface area contributed by atoms with Gasteiger partial charge in [0.2, 0.25) is 5.91 Å². The summed E-state index contributed by atoms with van der Waals surface area (Å²) in [7, 11) is 0. The number of ether oxygens (including phenoxy) is 1. The fourth-order valence-electron chi connectivity index (χ4n) is 2.75. The number of alkyl halides is 1. The monoisotopic (exact) mass is 338 g/mol. The fraction of sp³-hybridized carbons (Fsp3) is 0.529. The van der Waals surface area contributed by atoms with E-state index < -0.39 is 0 Å². The summed E-state index contributed by atoms with van der Waals surface area (Å²) in [6.07, 6.45) is 0.587. The lowest BCUT2D eigenvalue weighted by molar-refractivity contribution is -0.127. The first-order chi connectivity index (χ1) is 11.1. The fourth-order valence-corrected chi connectivity index (χ4v) is 2.92. The number of hydrogen-bond donors (Lipinski definition) is 0. The van der Waals surface area contributed by atoms with E-state index in [1.807, 2.05) is 37.3 Å². The largest absolute Gasteiger partial charge is 0.445 e. The molecule has 1 aliphatic heterocycles. The van der Waals surface area contributed by atoms with Crippen molar-refractivity contribution in [3.63, 3.8) is 0 Å². The minimum atomic E-state index is -0.307. The standard InChI is InChI=1S/C17H23ClN2O3/c1-2-19(11-15-8-9-20(12-15)16(21)10-18)17(22)23-13-14-6-4-3-5-7-14/h3-7,15H,2,8-13H2,1H3. The molecule has 1 saturated heterocycles. The van der Waals surface area contributed by atoms with E-state index in [1.165, 1.54) is 0 Å². The van der Waals surface area contributed by atoms with Gasteiger partial charge in [0.05, 0.1) is 0 Å². The van der Waals surface area contributed by atoms with Crippen LogP contribution in [-0.2, 0) is 16.1 Å². The summed E-state index contributed by atoms with van der Waals surface area (Å²) in [5, 5.41) is 0. The molecule has 0 spiro atoms. The Morgan fingerprint density at radius 1 is 1.35 bits per heavy atom. The van der Waals surface area contributed by atoms with Gasteiger partial charge >= 0.3 is 6.09 Å². The molecular weight excluding hydrogens is 316 g/mol. The maximum Gasteiger partial charge on any atom is 0.410 e. The van der Waals surface area contributed by atoms with Crippen LogP contribution in [0.3, 0.4) is 0 Å². The van der Waals surface area contributed by atoms with Crippen LogP contribution in [0, 0.1) is 5.92 Å². The maximum atomic E-state index is 12.2. The molecule has 1 unspecified atom stereocenters. The molecule has 1 fully saturated rings. The molecule has 6 heteroatoms. The Morgan fingerprint density at radius 3 is 2.74 bits per heavy atom. The molecule has 1 aliphatic rings. The zero-order valence-corrected chi connectivity index (χ0v) is 14.2. The number of carbonyl (C=O) groups is 2. The van der Waals surface area contributed by atoms with Crippen LogP contribution < -0.4 is 0 Å². The third-order valence-corrected chi connectivity index (χ3v) is 4.31. The molecule has 126 valence electrons. The van der Waals surface area contributed by atoms with Gasteiger partial charge < -0.3 is 14.5 Å². The average molecular weight is 339 g/mol. The van der Waals surface area contributed by atoms with Gasteiger partial charge in [0.15, 0.2) is 0 Å². The van der Waals surface area contributed by atoms with E-state index in [1.54, 1.807) is 9.80 Å². The van der Waals surface area contributed by atoms with E-state index in [0.717, 1.165) is 12.0 Å². The van der Waals surface area contributed by atoms with Crippen molar-refractivity contribution in [2.75, 3.05) is 32.1 Å². The molecule has 0 radical (unpaired) electrons. The minimum Gasteiger partial charge on any atom is -0.445 e. The van der Waals surface area contributed by atoms with Crippen molar-refractivity contribution in [3.8, 4) is 0 Å². The SMILES string of the molecule is CCN(CC1CCN(C(=O)CCl)C1)C(=O)OCc1ccccc1. The summed E-state index contributed by atoms with van der Waals surface area (Å²) in [5.74, 6) is 0.263. The smallest absolute Gasteiger partial charge is 0.410 e. The Labute approximate surface area is 142 Å². The number of rotatable bonds is 6. The molecule has 1 aromatic rings. The predicted molar refractivity (Wildman–Crippen MR) is 89.3 cm³/mol. The highest BCUT2D eigenvalue weighted by atomic mass is 35.5. The first-order valence-corrected chi connectivity index (χ1v) is 8.46. The minimum absolute atomic E-state index is 0.0172. The lowest BCUT2D eigenvalue weighted by Gasteiger charge is -2.24. The van der Waals surface area contributed by atoms with Gasteiger partial charge in [0.1, 0.15) is 12.5 Å². The predicted octanol–water partition coefficient (Wildman–Crippen LogP) is 2.73. The molecule has 1 aromatic carbocycles. The van der Waals surface area contributed by atoms with Crippen LogP contribution in [-0.4, -0.2) is 53.9 Å². The topological polar surface area (TPSA) is 49.9 Å². The average Bonchev–Trinajstić information content (AvgIpc) is 3.06. The third kappa shape index (κ3) is 5.13. The summed E-state index contributed by atoms with van der Waals surface area (Å²) in [4.78, 5) is 27.3. The van der Waals surface area contributed by atoms with Gasteiger partial charge in [0, 0.05) is 26.2 Å². The van der Waals surface area contributed by atoms with Gasteiger partial charge in [-0.2, -0.15) is 0 Å². The lowest BCUT2D eigenvalue weighted by Crippen LogP contribution is -2.37. The van der Waals surface area contributed by atoms with Gasteiger partial charge in [-0.05, 0) is 24.8 Å². The highest BCUT2D eigenvalue weighted by Crippen LogP contribution is 2.18. The maximum absolute atomic E-state index is 12.2. The molecule has 0 aliphatic carbocycles. The lowest BCUT2D eigenvalue weighted by atomic mass is 10.1. The molecule has 0 N–H and O–H groups in total. The van der Waals surface area contributed by atoms with Crippen LogP contribution in [0.4, 0.5) is 4.79 Å². The summed E-state index contributed by atoms with van der Waals surface area (Å²) < 4.78 is 5.37. The summed E-state index contributed by atoms with van der Waals surface area (Å²) in [5.41, 5.74) is 0.969. The first-order valence-electron chi connectivity index (χ1n) is 7.93. The van der Waals surface area contributed by atoms with E-state index in [2.05, 4.69) is 0 Å². The molecule has 0 bridgehead atoms. The number of halogens is 1. The third-order valence-electron chi connectivity index (χ3n) is 4.08. The number of hydrogen-bond acceptors (Lipinski definition) is 3. The van der Waals surface area contributed by atoms with Crippen molar-refractivity contribution in [2.24, 2.45) is 5.92 Å². The van der Waals surface area contributed by atoms with Crippen LogP contribution in [0.15, 0.2) is 30.3 Å². The van der Waals surface area contributed by atoms with E-state index in [9.17, 15) is 9.59 Å². The second-order valence-electron chi connectivity index (χ2n) is 5.71. The van der Waals surface area contributed by atoms with Gasteiger partial charge in [-0.25, -0.2) is 4.79 Å². The number of nitrogens with zero attached hydrogens (tertiary/aromatic N) is 2. The Morgan fingerprint density at radius 2 is 2.09 bits per heavy atom. The zero-order valence-electron chi connectivity index (χ0n) is 13.4. The highest BCUT2D eigenvalue weighted by molar-refractivity contribution is 6.27. The Hall–Kier alpha value is -1.75. The Kier molecular flexibility index (Phi) is 6.71. The molecule has 2 rings (SSSR count). The molecule has 2 amide bonds. The number of likely N-dealkylation sites (tertiary alicyclic amines) is 1. The van der Waals surface area contributed by atoms with E-state index >= 15 is 0 Å². The van der Waals surface area contributed by atoms with Crippen molar-refractivity contribution in [1.29, 1.82) is 0 Å². The van der Waals surface area contributed by atoms with Crippen molar-refractivity contribution in [3.05, 3.63) is 35.9 Å². The normalized spacial score (nSPS) is 17.1. The molecule has 0 saturated carbocycles. The van der Waals surface area contributed by atoms with Gasteiger partial charge in [0.25, 0.3) is 0 Å². The van der Waals surface area contributed by atoms with Crippen molar-refractivity contribution >= 4 is 23.6 Å². The molecule has 23 heavy (non-hydrogen) atoms. The van der Waals surface area contributed by atoms with Crippen LogP contribution in [0.25, 0.3) is 0 Å². The molecule has 5 nitrogen and oxygen atoms in total. The molecule has 1 atom stereocenters. The zero-order chi connectivity index (χ0) is 16.7. The quantitative estimate of drug-likeness (QED) is 0.749. The first kappa shape index (κ1) is 17.6. The van der Waals surface area contributed by atoms with Gasteiger partial charge in [-0.1, -0.05) is 30.3 Å². The van der Waals surface area contributed by atoms with E-state index in [0.29, 0.717) is 26.2 Å². The Bertz CT molecular complexity index is 524. The van der Waals surface area contributed by atoms with Crippen molar-refractivity contribution in [2.45, 2.75) is 20.0 Å². The van der Waals surface area contributed by atoms with Crippen LogP contribution >= 0.6 is 11.6 Å². The van der Waals surface area contributed by atoms with Crippen LogP contribution in [0.2, 0.25) is 0 Å².